The molecule has 0 aliphatic carbocycles. The molecule has 1 fully saturated rings. The molecule has 0 bridgehead atoms. The van der Waals surface area contributed by atoms with Crippen LogP contribution < -0.4 is 5.32 Å². The maximum Gasteiger partial charge on any atom is 0.257 e. The smallest absolute Gasteiger partial charge is 0.257 e. The highest BCUT2D eigenvalue weighted by Crippen LogP contribution is 2.34. The third-order valence-corrected chi connectivity index (χ3v) is 4.28. The van der Waals surface area contributed by atoms with Gasteiger partial charge in [-0.25, -0.2) is 4.98 Å². The number of nitrogens with one attached hydrogen (secondary N) is 1. The summed E-state index contributed by atoms with van der Waals surface area (Å²) in [6.45, 7) is 11.4. The predicted octanol–water partition coefficient (Wildman–Crippen LogP) is 3.41. The quantitative estimate of drug-likeness (QED) is 0.924. The van der Waals surface area contributed by atoms with Crippen molar-refractivity contribution in [3.8, 4) is 0 Å². The number of carbonyl (C=O) groups excluding carboxylic acids is 1. The molecule has 0 radical (unpaired) electrons. The number of hydrogen-bond acceptors (Lipinski definition) is 3. The highest BCUT2D eigenvalue weighted by atomic mass is 16.2. The van der Waals surface area contributed by atoms with E-state index in [1.54, 1.807) is 6.20 Å². The zero-order chi connectivity index (χ0) is 15.5. The van der Waals surface area contributed by atoms with Crippen LogP contribution in [0.1, 0.15) is 50.9 Å². The van der Waals surface area contributed by atoms with E-state index in [0.717, 1.165) is 32.5 Å². The lowest BCUT2D eigenvalue weighted by molar-refractivity contribution is 0.0777. The van der Waals surface area contributed by atoms with Crippen molar-refractivity contribution in [3.63, 3.8) is 0 Å². The van der Waals surface area contributed by atoms with Crippen molar-refractivity contribution >= 4 is 11.7 Å². The number of rotatable bonds is 4. The predicted molar refractivity (Wildman–Crippen MR) is 86.5 cm³/mol. The molecular formula is C17H27N3O. The third-order valence-electron chi connectivity index (χ3n) is 4.28. The molecule has 1 aromatic heterocycles. The fourth-order valence-corrected chi connectivity index (χ4v) is 2.78. The van der Waals surface area contributed by atoms with Gasteiger partial charge in [-0.15, -0.1) is 0 Å². The van der Waals surface area contributed by atoms with Crippen molar-refractivity contribution in [1.29, 1.82) is 0 Å². The first kappa shape index (κ1) is 15.8. The Balaban J connectivity index is 2.11. The standard InChI is InChI=1S/C17H27N3O/c1-5-9-18-15-14(7-6-10-19-15)16(21)20-11-8-13(12-20)17(2,3)4/h6-7,10,13H,5,8-9,11-12H2,1-4H3,(H,18,19). The molecule has 1 atom stereocenters. The summed E-state index contributed by atoms with van der Waals surface area (Å²) in [5, 5.41) is 3.25. The van der Waals surface area contributed by atoms with E-state index in [1.165, 1.54) is 0 Å². The Morgan fingerprint density at radius 1 is 1.48 bits per heavy atom. The van der Waals surface area contributed by atoms with Crippen LogP contribution in [0.4, 0.5) is 5.82 Å². The van der Waals surface area contributed by atoms with Crippen LogP contribution in [-0.4, -0.2) is 35.4 Å². The highest BCUT2D eigenvalue weighted by Gasteiger charge is 2.34. The lowest BCUT2D eigenvalue weighted by Crippen LogP contribution is -2.31. The fraction of sp³-hybridized carbons (Fsp3) is 0.647. The van der Waals surface area contributed by atoms with Gasteiger partial charge in [0.15, 0.2) is 0 Å². The van der Waals surface area contributed by atoms with Gasteiger partial charge in [0.05, 0.1) is 5.56 Å². The van der Waals surface area contributed by atoms with Gasteiger partial charge in [0.2, 0.25) is 0 Å². The van der Waals surface area contributed by atoms with Gasteiger partial charge in [0, 0.05) is 25.8 Å². The molecule has 2 rings (SSSR count). The summed E-state index contributed by atoms with van der Waals surface area (Å²) in [6, 6.07) is 3.71. The van der Waals surface area contributed by atoms with Gasteiger partial charge < -0.3 is 10.2 Å². The summed E-state index contributed by atoms with van der Waals surface area (Å²) in [7, 11) is 0. The average molecular weight is 289 g/mol. The Labute approximate surface area is 127 Å². The van der Waals surface area contributed by atoms with Crippen LogP contribution in [0.3, 0.4) is 0 Å². The molecule has 0 saturated carbocycles. The molecule has 1 aliphatic rings. The van der Waals surface area contributed by atoms with E-state index in [1.807, 2.05) is 17.0 Å². The molecule has 1 saturated heterocycles. The first-order valence-electron chi connectivity index (χ1n) is 7.91. The third kappa shape index (κ3) is 3.74. The Morgan fingerprint density at radius 3 is 2.86 bits per heavy atom. The summed E-state index contributed by atoms with van der Waals surface area (Å²) in [5.74, 6) is 1.39. The van der Waals surface area contributed by atoms with E-state index in [4.69, 9.17) is 0 Å². The number of hydrogen-bond donors (Lipinski definition) is 1. The van der Waals surface area contributed by atoms with Gasteiger partial charge >= 0.3 is 0 Å². The van der Waals surface area contributed by atoms with Crippen LogP contribution in [0.15, 0.2) is 18.3 Å². The first-order valence-corrected chi connectivity index (χ1v) is 7.91. The average Bonchev–Trinajstić information content (AvgIpc) is 2.94. The van der Waals surface area contributed by atoms with Crippen LogP contribution in [-0.2, 0) is 0 Å². The van der Waals surface area contributed by atoms with E-state index < -0.39 is 0 Å². The van der Waals surface area contributed by atoms with Crippen molar-refractivity contribution in [2.45, 2.75) is 40.5 Å². The van der Waals surface area contributed by atoms with E-state index in [2.05, 4.69) is 38.0 Å². The molecule has 0 aromatic carbocycles. The van der Waals surface area contributed by atoms with Gasteiger partial charge in [-0.2, -0.15) is 0 Å². The molecule has 1 N–H and O–H groups in total. The Morgan fingerprint density at radius 2 is 2.24 bits per heavy atom. The van der Waals surface area contributed by atoms with E-state index >= 15 is 0 Å². The van der Waals surface area contributed by atoms with Crippen LogP contribution >= 0.6 is 0 Å². The molecule has 0 spiro atoms. The molecule has 2 heterocycles. The number of anilines is 1. The second-order valence-electron chi connectivity index (χ2n) is 6.93. The fourth-order valence-electron chi connectivity index (χ4n) is 2.78. The number of nitrogens with zero attached hydrogens (tertiary/aromatic N) is 2. The summed E-state index contributed by atoms with van der Waals surface area (Å²) < 4.78 is 0. The number of likely N-dealkylation sites (tertiary alicyclic amines) is 1. The Hall–Kier alpha value is -1.58. The minimum Gasteiger partial charge on any atom is -0.369 e. The zero-order valence-electron chi connectivity index (χ0n) is 13.6. The van der Waals surface area contributed by atoms with Crippen LogP contribution in [0.2, 0.25) is 0 Å². The summed E-state index contributed by atoms with van der Waals surface area (Å²) in [4.78, 5) is 19.0. The molecule has 1 aromatic rings. The van der Waals surface area contributed by atoms with Gasteiger partial charge in [0.1, 0.15) is 5.82 Å². The minimum absolute atomic E-state index is 0.105. The second kappa shape index (κ2) is 6.46. The number of aromatic nitrogens is 1. The van der Waals surface area contributed by atoms with Gasteiger partial charge in [-0.05, 0) is 36.3 Å². The molecule has 1 amide bonds. The van der Waals surface area contributed by atoms with Gasteiger partial charge in [-0.3, -0.25) is 4.79 Å². The van der Waals surface area contributed by atoms with E-state index in [-0.39, 0.29) is 11.3 Å². The van der Waals surface area contributed by atoms with Crippen molar-refractivity contribution in [2.75, 3.05) is 25.0 Å². The first-order chi connectivity index (χ1) is 9.93. The van der Waals surface area contributed by atoms with E-state index in [0.29, 0.717) is 17.3 Å². The monoisotopic (exact) mass is 289 g/mol. The highest BCUT2D eigenvalue weighted by molar-refractivity contribution is 5.98. The normalized spacial score (nSPS) is 18.9. The molecule has 21 heavy (non-hydrogen) atoms. The van der Waals surface area contributed by atoms with Gasteiger partial charge in [-0.1, -0.05) is 27.7 Å². The van der Waals surface area contributed by atoms with Crippen molar-refractivity contribution < 1.29 is 4.79 Å². The molecule has 1 aliphatic heterocycles. The maximum absolute atomic E-state index is 12.7. The topological polar surface area (TPSA) is 45.2 Å². The zero-order valence-corrected chi connectivity index (χ0v) is 13.6. The SMILES string of the molecule is CCCNc1ncccc1C(=O)N1CCC(C(C)(C)C)C1. The summed E-state index contributed by atoms with van der Waals surface area (Å²) in [5.41, 5.74) is 0.952. The van der Waals surface area contributed by atoms with E-state index in [9.17, 15) is 4.79 Å². The van der Waals surface area contributed by atoms with Crippen LogP contribution in [0.25, 0.3) is 0 Å². The lowest BCUT2D eigenvalue weighted by Gasteiger charge is -2.27. The largest absolute Gasteiger partial charge is 0.369 e. The minimum atomic E-state index is 0.105. The molecule has 1 unspecified atom stereocenters. The number of amides is 1. The van der Waals surface area contributed by atoms with Crippen molar-refractivity contribution in [2.24, 2.45) is 11.3 Å². The maximum atomic E-state index is 12.7. The summed E-state index contributed by atoms with van der Waals surface area (Å²) >= 11 is 0. The van der Waals surface area contributed by atoms with Crippen LogP contribution in [0.5, 0.6) is 0 Å². The Bertz CT molecular complexity index is 493. The number of pyridine rings is 1. The second-order valence-corrected chi connectivity index (χ2v) is 6.93. The summed E-state index contributed by atoms with van der Waals surface area (Å²) in [6.07, 6.45) is 3.84. The molecule has 4 heteroatoms. The van der Waals surface area contributed by atoms with Crippen molar-refractivity contribution in [1.82, 2.24) is 9.88 Å². The van der Waals surface area contributed by atoms with Gasteiger partial charge in [0.25, 0.3) is 5.91 Å². The molecule has 4 nitrogen and oxygen atoms in total. The molecular weight excluding hydrogens is 262 g/mol. The van der Waals surface area contributed by atoms with Crippen LogP contribution in [0, 0.1) is 11.3 Å². The lowest BCUT2D eigenvalue weighted by atomic mass is 9.80. The Kier molecular flexibility index (Phi) is 4.86. The van der Waals surface area contributed by atoms with Crippen molar-refractivity contribution in [3.05, 3.63) is 23.9 Å². The number of carbonyl (C=O) groups is 1. The molecule has 116 valence electrons.